The third kappa shape index (κ3) is 2.72. The van der Waals surface area contributed by atoms with E-state index in [0.29, 0.717) is 18.6 Å². The van der Waals surface area contributed by atoms with Crippen molar-refractivity contribution in [2.45, 2.75) is 35.3 Å². The number of benzene rings is 1. The lowest BCUT2D eigenvalue weighted by Crippen LogP contribution is -2.45. The van der Waals surface area contributed by atoms with E-state index in [2.05, 4.69) is 4.79 Å². The molecule has 0 heterocycles. The molecule has 0 N–H and O–H groups in total. The van der Waals surface area contributed by atoms with Crippen LogP contribution in [0.15, 0.2) is 29.2 Å². The van der Waals surface area contributed by atoms with E-state index >= 15 is 0 Å². The van der Waals surface area contributed by atoms with E-state index in [1.54, 1.807) is 6.07 Å². The first kappa shape index (κ1) is 16.8. The van der Waals surface area contributed by atoms with Crippen molar-refractivity contribution in [3.8, 4) is 5.75 Å². The van der Waals surface area contributed by atoms with E-state index in [9.17, 15) is 22.7 Å². The summed E-state index contributed by atoms with van der Waals surface area (Å²) in [6.07, 6.45) is 1.35. The lowest BCUT2D eigenvalue weighted by molar-refractivity contribution is -0.00618. The SMILES string of the molecule is COc1cccc(S(=O)(=O)C(=[N+]=[N-])C2(S(=O)[O-])CCCC2)c1. The summed E-state index contributed by atoms with van der Waals surface area (Å²) in [6.45, 7) is 0. The van der Waals surface area contributed by atoms with Crippen LogP contribution in [0.25, 0.3) is 5.53 Å². The second-order valence-electron chi connectivity index (χ2n) is 5.02. The van der Waals surface area contributed by atoms with Gasteiger partial charge in [-0.2, -0.15) is 4.79 Å². The summed E-state index contributed by atoms with van der Waals surface area (Å²) >= 11 is -2.71. The molecule has 9 heteroatoms. The van der Waals surface area contributed by atoms with Gasteiger partial charge in [-0.3, -0.25) is 4.21 Å². The molecule has 1 atom stereocenters. The van der Waals surface area contributed by atoms with Crippen molar-refractivity contribution in [3.05, 3.63) is 29.8 Å². The highest BCUT2D eigenvalue weighted by Crippen LogP contribution is 2.38. The normalized spacial score (nSPS) is 18.5. The van der Waals surface area contributed by atoms with E-state index in [1.807, 2.05) is 0 Å². The van der Waals surface area contributed by atoms with Crippen molar-refractivity contribution in [2.24, 2.45) is 0 Å². The minimum absolute atomic E-state index is 0.117. The van der Waals surface area contributed by atoms with Crippen LogP contribution in [-0.4, -0.2) is 38.9 Å². The molecule has 1 aliphatic rings. The maximum atomic E-state index is 12.7. The summed E-state index contributed by atoms with van der Waals surface area (Å²) in [6, 6.07) is 5.60. The van der Waals surface area contributed by atoms with Crippen LogP contribution < -0.4 is 4.74 Å². The second-order valence-corrected chi connectivity index (χ2v) is 8.14. The molecule has 2 rings (SSSR count). The Balaban J connectivity index is 2.59. The molecule has 120 valence electrons. The summed E-state index contributed by atoms with van der Waals surface area (Å²) in [5.41, 5.74) is 9.23. The zero-order valence-corrected chi connectivity index (χ0v) is 13.5. The second kappa shape index (κ2) is 6.29. The highest BCUT2D eigenvalue weighted by molar-refractivity contribution is 8.08. The number of ether oxygens (including phenoxy) is 1. The quantitative estimate of drug-likeness (QED) is 0.268. The first-order valence-corrected chi connectivity index (χ1v) is 9.15. The molecule has 22 heavy (non-hydrogen) atoms. The molecule has 1 fully saturated rings. The Labute approximate surface area is 131 Å². The smallest absolute Gasteiger partial charge is 0.403 e. The van der Waals surface area contributed by atoms with Gasteiger partial charge in [0.15, 0.2) is 0 Å². The van der Waals surface area contributed by atoms with Gasteiger partial charge < -0.3 is 14.8 Å². The molecule has 7 nitrogen and oxygen atoms in total. The highest BCUT2D eigenvalue weighted by atomic mass is 32.2. The van der Waals surface area contributed by atoms with Gasteiger partial charge in [-0.05, 0) is 42.1 Å². The standard InChI is InChI=1S/C13H16N2O5S2/c1-20-10-5-4-6-11(9-10)22(18,19)12(15-14)13(21(16)17)7-2-3-8-13/h4-6,9H,2-3,7-8H2,1H3,(H,16,17)/p-1. The topological polar surface area (TPSA) is 120 Å². The number of rotatable bonds is 4. The van der Waals surface area contributed by atoms with Crippen LogP contribution in [0.2, 0.25) is 0 Å². The fourth-order valence-corrected chi connectivity index (χ4v) is 5.56. The Morgan fingerprint density at radius 1 is 1.41 bits per heavy atom. The van der Waals surface area contributed by atoms with E-state index < -0.39 is 30.7 Å². The first-order chi connectivity index (χ1) is 10.4. The lowest BCUT2D eigenvalue weighted by Gasteiger charge is -2.26. The summed E-state index contributed by atoms with van der Waals surface area (Å²) < 4.78 is 52.0. The fourth-order valence-electron chi connectivity index (χ4n) is 2.67. The third-order valence-electron chi connectivity index (χ3n) is 3.82. The van der Waals surface area contributed by atoms with Gasteiger partial charge in [-0.1, -0.05) is 18.9 Å². The Bertz CT molecular complexity index is 747. The van der Waals surface area contributed by atoms with Crippen LogP contribution >= 0.6 is 0 Å². The minimum Gasteiger partial charge on any atom is -0.771 e. The maximum Gasteiger partial charge on any atom is 0.403 e. The zero-order chi connectivity index (χ0) is 16.4. The molecule has 1 aromatic carbocycles. The average Bonchev–Trinajstić information content (AvgIpc) is 2.98. The van der Waals surface area contributed by atoms with Gasteiger partial charge in [0.05, 0.1) is 12.0 Å². The van der Waals surface area contributed by atoms with Crippen LogP contribution in [0.1, 0.15) is 25.7 Å². The maximum absolute atomic E-state index is 12.7. The van der Waals surface area contributed by atoms with Gasteiger partial charge in [-0.15, -0.1) is 0 Å². The van der Waals surface area contributed by atoms with Crippen LogP contribution in [-0.2, 0) is 20.9 Å². The van der Waals surface area contributed by atoms with Crippen LogP contribution in [0.5, 0.6) is 5.75 Å². The van der Waals surface area contributed by atoms with Gasteiger partial charge in [-0.25, -0.2) is 8.42 Å². The van der Waals surface area contributed by atoms with Gasteiger partial charge in [0, 0.05) is 0 Å². The molecule has 0 spiro atoms. The number of methoxy groups -OCH3 is 1. The van der Waals surface area contributed by atoms with Gasteiger partial charge in [0.1, 0.15) is 10.5 Å². The van der Waals surface area contributed by atoms with Crippen LogP contribution in [0.3, 0.4) is 0 Å². The molecule has 0 aromatic heterocycles. The van der Waals surface area contributed by atoms with E-state index in [4.69, 9.17) is 4.74 Å². The largest absolute Gasteiger partial charge is 0.771 e. The molecule has 0 bridgehead atoms. The van der Waals surface area contributed by atoms with Gasteiger partial charge in [0.2, 0.25) is 0 Å². The Morgan fingerprint density at radius 3 is 2.55 bits per heavy atom. The minimum atomic E-state index is -4.24. The van der Waals surface area contributed by atoms with Crippen molar-refractivity contribution in [2.75, 3.05) is 7.11 Å². The fraction of sp³-hybridized carbons (Fsp3) is 0.462. The van der Waals surface area contributed by atoms with Crippen molar-refractivity contribution < 1.29 is 26.7 Å². The summed E-state index contributed by atoms with van der Waals surface area (Å²) in [5.74, 6) is 0.307. The Kier molecular flexibility index (Phi) is 4.81. The Morgan fingerprint density at radius 2 is 2.05 bits per heavy atom. The molecular weight excluding hydrogens is 328 g/mol. The molecule has 1 aromatic rings. The molecule has 0 saturated heterocycles. The summed E-state index contributed by atoms with van der Waals surface area (Å²) in [4.78, 5) is 2.69. The monoisotopic (exact) mass is 343 g/mol. The average molecular weight is 343 g/mol. The predicted octanol–water partition coefficient (Wildman–Crippen LogP) is 1.29. The molecular formula is C13H15N2O5S2-. The van der Waals surface area contributed by atoms with Crippen molar-refractivity contribution in [1.82, 2.24) is 0 Å². The molecule has 0 radical (unpaired) electrons. The predicted molar refractivity (Wildman–Crippen MR) is 78.9 cm³/mol. The molecule has 0 amide bonds. The molecule has 1 aliphatic carbocycles. The van der Waals surface area contributed by atoms with Crippen molar-refractivity contribution >= 4 is 26.0 Å². The molecule has 0 aliphatic heterocycles. The highest BCUT2D eigenvalue weighted by Gasteiger charge is 2.53. The number of sulfone groups is 1. The zero-order valence-electron chi connectivity index (χ0n) is 11.9. The van der Waals surface area contributed by atoms with Gasteiger partial charge in [0.25, 0.3) is 9.84 Å². The third-order valence-corrected chi connectivity index (χ3v) is 7.04. The molecule has 1 saturated carbocycles. The van der Waals surface area contributed by atoms with Crippen LogP contribution in [0.4, 0.5) is 0 Å². The summed E-state index contributed by atoms with van der Waals surface area (Å²) in [5, 5.41) is -0.723. The van der Waals surface area contributed by atoms with Crippen molar-refractivity contribution in [1.29, 1.82) is 0 Å². The van der Waals surface area contributed by atoms with E-state index in [-0.39, 0.29) is 17.7 Å². The van der Waals surface area contributed by atoms with E-state index in [0.717, 1.165) is 0 Å². The van der Waals surface area contributed by atoms with E-state index in [1.165, 1.54) is 25.3 Å². The number of hydrogen-bond acceptors (Lipinski definition) is 5. The lowest BCUT2D eigenvalue weighted by atomic mass is 10.1. The number of hydrogen-bond donors (Lipinski definition) is 0. The first-order valence-electron chi connectivity index (χ1n) is 6.59. The van der Waals surface area contributed by atoms with Crippen LogP contribution in [0, 0.1) is 0 Å². The molecule has 1 unspecified atom stereocenters. The van der Waals surface area contributed by atoms with Crippen molar-refractivity contribution in [3.63, 3.8) is 0 Å². The van der Waals surface area contributed by atoms with Gasteiger partial charge >= 0.3 is 5.04 Å². The number of nitrogens with zero attached hydrogens (tertiary/aromatic N) is 2. The summed E-state index contributed by atoms with van der Waals surface area (Å²) in [7, 11) is -2.86. The Hall–Kier alpha value is -1.54.